The Morgan fingerprint density at radius 2 is 1.80 bits per heavy atom. The maximum atomic E-state index is 4.42. The lowest BCUT2D eigenvalue weighted by Crippen LogP contribution is -2.53. The van der Waals surface area contributed by atoms with E-state index in [9.17, 15) is 0 Å². The normalized spacial score (nSPS) is 26.1. The Bertz CT molecular complexity index is 544. The molecule has 2 aromatic rings. The highest BCUT2D eigenvalue weighted by Crippen LogP contribution is 2.32. The van der Waals surface area contributed by atoms with Crippen molar-refractivity contribution in [2.24, 2.45) is 0 Å². The van der Waals surface area contributed by atoms with Crippen molar-refractivity contribution in [2.45, 2.75) is 31.5 Å². The van der Waals surface area contributed by atoms with Crippen molar-refractivity contribution in [2.75, 3.05) is 18.0 Å². The molecule has 0 aliphatic carbocycles. The lowest BCUT2D eigenvalue weighted by Gasteiger charge is -2.40. The fourth-order valence-corrected chi connectivity index (χ4v) is 3.98. The number of nitrogens with zero attached hydrogens (tertiary/aromatic N) is 5. The van der Waals surface area contributed by atoms with Crippen LogP contribution in [0.3, 0.4) is 0 Å². The quantitative estimate of drug-likeness (QED) is 0.861. The third-order valence-corrected chi connectivity index (χ3v) is 5.03. The smallest absolute Gasteiger partial charge is 0.225 e. The molecule has 20 heavy (non-hydrogen) atoms. The van der Waals surface area contributed by atoms with Crippen LogP contribution in [-0.4, -0.2) is 45.0 Å². The molecule has 0 amide bonds. The van der Waals surface area contributed by atoms with E-state index in [0.29, 0.717) is 12.1 Å². The van der Waals surface area contributed by atoms with E-state index >= 15 is 0 Å². The standard InChI is InChI=1S/C14H17N5S/c1-4-16-14(17-5-1)18-8-11-2-3-12(9-18)19(11)10-13-15-6-7-20-13/h1,4-7,11-12H,2-3,8-10H2. The molecule has 0 spiro atoms. The number of hydrogen-bond acceptors (Lipinski definition) is 6. The summed E-state index contributed by atoms with van der Waals surface area (Å²) < 4.78 is 0. The van der Waals surface area contributed by atoms with Crippen LogP contribution in [0, 0.1) is 0 Å². The van der Waals surface area contributed by atoms with Crippen molar-refractivity contribution in [3.05, 3.63) is 35.0 Å². The van der Waals surface area contributed by atoms with Crippen molar-refractivity contribution >= 4 is 17.3 Å². The summed E-state index contributed by atoms with van der Waals surface area (Å²) in [5.41, 5.74) is 0. The number of hydrogen-bond donors (Lipinski definition) is 0. The Morgan fingerprint density at radius 3 is 2.45 bits per heavy atom. The van der Waals surface area contributed by atoms with E-state index in [0.717, 1.165) is 25.6 Å². The third-order valence-electron chi connectivity index (χ3n) is 4.27. The molecule has 2 fully saturated rings. The molecule has 0 radical (unpaired) electrons. The van der Waals surface area contributed by atoms with Gasteiger partial charge in [0.2, 0.25) is 5.95 Å². The average Bonchev–Trinajstić information content (AvgIpc) is 3.07. The minimum absolute atomic E-state index is 0.612. The highest BCUT2D eigenvalue weighted by molar-refractivity contribution is 7.09. The Morgan fingerprint density at radius 1 is 1.05 bits per heavy atom. The van der Waals surface area contributed by atoms with E-state index < -0.39 is 0 Å². The number of aromatic nitrogens is 3. The van der Waals surface area contributed by atoms with Gasteiger partial charge in [0, 0.05) is 49.1 Å². The monoisotopic (exact) mass is 287 g/mol. The van der Waals surface area contributed by atoms with Gasteiger partial charge in [0.05, 0.1) is 6.54 Å². The molecule has 0 aromatic carbocycles. The van der Waals surface area contributed by atoms with Crippen LogP contribution in [0.2, 0.25) is 0 Å². The average molecular weight is 287 g/mol. The molecule has 2 aliphatic heterocycles. The molecule has 5 nitrogen and oxygen atoms in total. The Balaban J connectivity index is 1.50. The number of fused-ring (bicyclic) bond motifs is 2. The summed E-state index contributed by atoms with van der Waals surface area (Å²) in [6, 6.07) is 3.10. The van der Waals surface area contributed by atoms with Crippen LogP contribution in [0.4, 0.5) is 5.95 Å². The van der Waals surface area contributed by atoms with E-state index in [2.05, 4.69) is 30.1 Å². The molecule has 2 aromatic heterocycles. The molecular weight excluding hydrogens is 270 g/mol. The maximum Gasteiger partial charge on any atom is 0.225 e. The maximum absolute atomic E-state index is 4.42. The molecule has 104 valence electrons. The van der Waals surface area contributed by atoms with Crippen molar-refractivity contribution < 1.29 is 0 Å². The third kappa shape index (κ3) is 2.19. The number of rotatable bonds is 3. The summed E-state index contributed by atoms with van der Waals surface area (Å²) in [7, 11) is 0. The van der Waals surface area contributed by atoms with Crippen LogP contribution in [0.25, 0.3) is 0 Å². The zero-order chi connectivity index (χ0) is 13.4. The van der Waals surface area contributed by atoms with Gasteiger partial charge in [0.1, 0.15) is 5.01 Å². The Kier molecular flexibility index (Phi) is 3.12. The minimum Gasteiger partial charge on any atom is -0.338 e. The molecule has 2 aliphatic rings. The van der Waals surface area contributed by atoms with Crippen LogP contribution < -0.4 is 4.90 Å². The zero-order valence-corrected chi connectivity index (χ0v) is 12.0. The molecule has 2 atom stereocenters. The van der Waals surface area contributed by atoms with Crippen molar-refractivity contribution in [1.29, 1.82) is 0 Å². The first-order chi connectivity index (χ1) is 9.90. The van der Waals surface area contributed by atoms with Gasteiger partial charge in [0.15, 0.2) is 0 Å². The lowest BCUT2D eigenvalue weighted by atomic mass is 10.2. The van der Waals surface area contributed by atoms with Gasteiger partial charge in [-0.2, -0.15) is 0 Å². The first-order valence-corrected chi connectivity index (χ1v) is 7.94. The van der Waals surface area contributed by atoms with E-state index in [1.165, 1.54) is 17.8 Å². The van der Waals surface area contributed by atoms with Gasteiger partial charge in [-0.25, -0.2) is 15.0 Å². The Hall–Kier alpha value is -1.53. The van der Waals surface area contributed by atoms with E-state index in [4.69, 9.17) is 0 Å². The number of anilines is 1. The molecular formula is C14H17N5S. The fourth-order valence-electron chi connectivity index (χ4n) is 3.35. The highest BCUT2D eigenvalue weighted by Gasteiger charge is 2.40. The fraction of sp³-hybridized carbons (Fsp3) is 0.500. The summed E-state index contributed by atoms with van der Waals surface area (Å²) in [5, 5.41) is 3.29. The van der Waals surface area contributed by atoms with Gasteiger partial charge < -0.3 is 4.90 Å². The molecule has 4 rings (SSSR count). The van der Waals surface area contributed by atoms with Gasteiger partial charge in [-0.3, -0.25) is 4.90 Å². The van der Waals surface area contributed by atoms with Gasteiger partial charge in [-0.05, 0) is 18.9 Å². The molecule has 0 N–H and O–H groups in total. The summed E-state index contributed by atoms with van der Waals surface area (Å²) >= 11 is 1.75. The van der Waals surface area contributed by atoms with E-state index in [1.54, 1.807) is 11.3 Å². The van der Waals surface area contributed by atoms with Crippen molar-refractivity contribution in [3.8, 4) is 0 Å². The predicted octanol–water partition coefficient (Wildman–Crippen LogP) is 1.79. The summed E-state index contributed by atoms with van der Waals surface area (Å²) in [4.78, 5) is 18.2. The second-order valence-electron chi connectivity index (χ2n) is 5.44. The van der Waals surface area contributed by atoms with Crippen molar-refractivity contribution in [3.63, 3.8) is 0 Å². The molecule has 0 saturated carbocycles. The largest absolute Gasteiger partial charge is 0.338 e. The Labute approximate surface area is 122 Å². The molecule has 4 heterocycles. The molecule has 2 saturated heterocycles. The van der Waals surface area contributed by atoms with Crippen LogP contribution >= 0.6 is 11.3 Å². The minimum atomic E-state index is 0.612. The molecule has 2 bridgehead atoms. The zero-order valence-electron chi connectivity index (χ0n) is 11.2. The van der Waals surface area contributed by atoms with Crippen LogP contribution in [0.15, 0.2) is 30.0 Å². The van der Waals surface area contributed by atoms with Gasteiger partial charge in [-0.1, -0.05) is 0 Å². The highest BCUT2D eigenvalue weighted by atomic mass is 32.1. The summed E-state index contributed by atoms with van der Waals surface area (Å²) in [5.74, 6) is 0.873. The van der Waals surface area contributed by atoms with Gasteiger partial charge in [-0.15, -0.1) is 11.3 Å². The second-order valence-corrected chi connectivity index (χ2v) is 6.42. The van der Waals surface area contributed by atoms with Gasteiger partial charge >= 0.3 is 0 Å². The van der Waals surface area contributed by atoms with Gasteiger partial charge in [0.25, 0.3) is 0 Å². The SMILES string of the molecule is c1cnc(N2CC3CCC(C2)N3Cc2nccs2)nc1. The van der Waals surface area contributed by atoms with Crippen LogP contribution in [0.1, 0.15) is 17.8 Å². The number of piperazine rings is 1. The lowest BCUT2D eigenvalue weighted by molar-refractivity contribution is 0.159. The molecule has 6 heteroatoms. The predicted molar refractivity (Wildman–Crippen MR) is 78.7 cm³/mol. The summed E-state index contributed by atoms with van der Waals surface area (Å²) in [6.07, 6.45) is 8.10. The topological polar surface area (TPSA) is 45.2 Å². The van der Waals surface area contributed by atoms with Crippen molar-refractivity contribution in [1.82, 2.24) is 19.9 Å². The van der Waals surface area contributed by atoms with Crippen LogP contribution in [0.5, 0.6) is 0 Å². The first kappa shape index (κ1) is 12.2. The number of thiazole rings is 1. The van der Waals surface area contributed by atoms with E-state index in [-0.39, 0.29) is 0 Å². The summed E-state index contributed by atoms with van der Waals surface area (Å²) in [6.45, 7) is 3.06. The molecule has 2 unspecified atom stereocenters. The second kappa shape index (κ2) is 5.10. The first-order valence-electron chi connectivity index (χ1n) is 7.06. The van der Waals surface area contributed by atoms with Crippen LogP contribution in [-0.2, 0) is 6.54 Å². The van der Waals surface area contributed by atoms with E-state index in [1.807, 2.05) is 24.7 Å².